The molecule has 37 heavy (non-hydrogen) atoms. The second kappa shape index (κ2) is 11.5. The minimum Gasteiger partial charge on any atom is -0.457 e. The van der Waals surface area contributed by atoms with Crippen LogP contribution < -0.4 is 9.47 Å². The van der Waals surface area contributed by atoms with Crippen molar-refractivity contribution in [3.63, 3.8) is 0 Å². The molecule has 182 valence electrons. The lowest BCUT2D eigenvalue weighted by atomic mass is 10.2. The molecule has 0 aliphatic carbocycles. The van der Waals surface area contributed by atoms with Crippen LogP contribution in [0.1, 0.15) is 23.6 Å². The van der Waals surface area contributed by atoms with Gasteiger partial charge in [0.05, 0.1) is 22.8 Å². The monoisotopic (exact) mass is 502 g/mol. The number of thiophene rings is 1. The van der Waals surface area contributed by atoms with Gasteiger partial charge in [0.15, 0.2) is 0 Å². The third kappa shape index (κ3) is 6.60. The fourth-order valence-corrected chi connectivity index (χ4v) is 4.55. The second-order valence-corrected chi connectivity index (χ2v) is 9.46. The highest BCUT2D eigenvalue weighted by atomic mass is 32.1. The molecule has 5 heteroatoms. The van der Waals surface area contributed by atoms with Gasteiger partial charge in [-0.2, -0.15) is 0 Å². The molecule has 0 bridgehead atoms. The van der Waals surface area contributed by atoms with E-state index in [9.17, 15) is 0 Å². The van der Waals surface area contributed by atoms with Crippen molar-refractivity contribution >= 4 is 34.1 Å². The van der Waals surface area contributed by atoms with Crippen LogP contribution in [-0.2, 0) is 0 Å². The Morgan fingerprint density at radius 2 is 0.811 bits per heavy atom. The molecule has 0 aliphatic rings. The van der Waals surface area contributed by atoms with E-state index in [0.29, 0.717) is 0 Å². The largest absolute Gasteiger partial charge is 0.457 e. The number of para-hydroxylation sites is 2. The molecule has 1 heterocycles. The number of aliphatic imine (C=N–C) groups is 2. The number of nitrogens with zero attached hydrogens (tertiary/aromatic N) is 2. The lowest BCUT2D eigenvalue weighted by Crippen LogP contribution is -1.90. The van der Waals surface area contributed by atoms with Crippen molar-refractivity contribution in [3.05, 3.63) is 131 Å². The van der Waals surface area contributed by atoms with Gasteiger partial charge in [0, 0.05) is 9.75 Å². The van der Waals surface area contributed by atoms with Crippen LogP contribution in [0, 0.1) is 0 Å². The van der Waals surface area contributed by atoms with E-state index < -0.39 is 0 Å². The summed E-state index contributed by atoms with van der Waals surface area (Å²) in [5.74, 6) is 3.20. The summed E-state index contributed by atoms with van der Waals surface area (Å²) in [4.78, 5) is 11.8. The van der Waals surface area contributed by atoms with Crippen LogP contribution >= 0.6 is 11.3 Å². The normalized spacial score (nSPS) is 11.8. The molecule has 1 aromatic heterocycles. The molecular weight excluding hydrogens is 476 g/mol. The van der Waals surface area contributed by atoms with Gasteiger partial charge in [0.2, 0.25) is 0 Å². The first-order chi connectivity index (χ1) is 18.1. The quantitative estimate of drug-likeness (QED) is 0.198. The summed E-state index contributed by atoms with van der Waals surface area (Å²) in [6, 6.07) is 39.3. The molecule has 0 fully saturated rings. The minimum absolute atomic E-state index is 0.785. The summed E-state index contributed by atoms with van der Waals surface area (Å²) in [6.45, 7) is 4.06. The zero-order valence-corrected chi connectivity index (χ0v) is 21.5. The zero-order chi connectivity index (χ0) is 25.5. The lowest BCUT2D eigenvalue weighted by molar-refractivity contribution is 0.482. The first-order valence-electron chi connectivity index (χ1n) is 12.0. The number of ether oxygens (including phenoxy) is 2. The molecule has 4 nitrogen and oxygen atoms in total. The van der Waals surface area contributed by atoms with Gasteiger partial charge in [-0.15, -0.1) is 11.3 Å². The Bertz CT molecular complexity index is 1390. The van der Waals surface area contributed by atoms with Crippen LogP contribution in [0.2, 0.25) is 0 Å². The summed E-state index contributed by atoms with van der Waals surface area (Å²) in [5.41, 5.74) is 3.69. The topological polar surface area (TPSA) is 43.2 Å². The average Bonchev–Trinajstić information content (AvgIpc) is 3.43. The Labute approximate surface area is 221 Å². The maximum atomic E-state index is 5.87. The lowest BCUT2D eigenvalue weighted by Gasteiger charge is -2.06. The van der Waals surface area contributed by atoms with Gasteiger partial charge >= 0.3 is 0 Å². The molecule has 0 spiro atoms. The van der Waals surface area contributed by atoms with Crippen LogP contribution in [0.4, 0.5) is 11.4 Å². The minimum atomic E-state index is 0.785. The third-order valence-corrected chi connectivity index (χ3v) is 6.85. The standard InChI is InChI=1S/C32H26N2O2S/c1-23(33-25-13-17-29(18-14-25)35-27-9-5-3-6-10-27)31-21-22-32(37-31)24(2)34-26-15-19-30(20-16-26)36-28-11-7-4-8-12-28/h3-22H,1-2H3. The Kier molecular flexibility index (Phi) is 7.53. The number of rotatable bonds is 8. The highest BCUT2D eigenvalue weighted by Gasteiger charge is 2.07. The zero-order valence-electron chi connectivity index (χ0n) is 20.7. The maximum absolute atomic E-state index is 5.87. The fraction of sp³-hybridized carbons (Fsp3) is 0.0625. The molecule has 4 aromatic carbocycles. The first-order valence-corrected chi connectivity index (χ1v) is 12.8. The molecule has 0 radical (unpaired) electrons. The highest BCUT2D eigenvalue weighted by molar-refractivity contribution is 7.16. The van der Waals surface area contributed by atoms with E-state index in [0.717, 1.165) is 55.6 Å². The first kappa shape index (κ1) is 24.2. The van der Waals surface area contributed by atoms with E-state index in [4.69, 9.17) is 19.5 Å². The molecule has 0 saturated heterocycles. The SMILES string of the molecule is CC(=Nc1ccc(Oc2ccccc2)cc1)c1ccc(C(C)=Nc2ccc(Oc3ccccc3)cc2)s1. The van der Waals surface area contributed by atoms with Gasteiger partial charge in [0.1, 0.15) is 23.0 Å². The summed E-state index contributed by atoms with van der Waals surface area (Å²) in [7, 11) is 0. The summed E-state index contributed by atoms with van der Waals surface area (Å²) < 4.78 is 11.7. The molecule has 5 rings (SSSR count). The van der Waals surface area contributed by atoms with Crippen LogP contribution in [0.5, 0.6) is 23.0 Å². The van der Waals surface area contributed by atoms with Crippen LogP contribution in [0.25, 0.3) is 0 Å². The molecule has 0 aliphatic heterocycles. The molecule has 0 unspecified atom stereocenters. The predicted molar refractivity (Wildman–Crippen MR) is 154 cm³/mol. The van der Waals surface area contributed by atoms with Crippen molar-refractivity contribution in [2.75, 3.05) is 0 Å². The van der Waals surface area contributed by atoms with E-state index in [2.05, 4.69) is 12.1 Å². The second-order valence-electron chi connectivity index (χ2n) is 8.38. The summed E-state index contributed by atoms with van der Waals surface area (Å²) in [6.07, 6.45) is 0. The van der Waals surface area contributed by atoms with Crippen molar-refractivity contribution in [2.45, 2.75) is 13.8 Å². The Hall–Kier alpha value is -4.48. The molecule has 0 amide bonds. The van der Waals surface area contributed by atoms with E-state index >= 15 is 0 Å². The van der Waals surface area contributed by atoms with Crippen molar-refractivity contribution in [1.29, 1.82) is 0 Å². The Balaban J connectivity index is 1.23. The molecule has 5 aromatic rings. The van der Waals surface area contributed by atoms with Crippen LogP contribution in [-0.4, -0.2) is 11.4 Å². The van der Waals surface area contributed by atoms with Gasteiger partial charge in [0.25, 0.3) is 0 Å². The fourth-order valence-electron chi connectivity index (χ4n) is 3.65. The number of hydrogen-bond donors (Lipinski definition) is 0. The van der Waals surface area contributed by atoms with E-state index in [-0.39, 0.29) is 0 Å². The van der Waals surface area contributed by atoms with E-state index in [1.165, 1.54) is 0 Å². The smallest absolute Gasteiger partial charge is 0.127 e. The average molecular weight is 503 g/mol. The Morgan fingerprint density at radius 3 is 1.19 bits per heavy atom. The van der Waals surface area contributed by atoms with Crippen LogP contribution in [0.3, 0.4) is 0 Å². The molecule has 0 saturated carbocycles. The summed E-state index contributed by atoms with van der Waals surface area (Å²) >= 11 is 1.69. The van der Waals surface area contributed by atoms with Crippen molar-refractivity contribution < 1.29 is 9.47 Å². The van der Waals surface area contributed by atoms with Crippen molar-refractivity contribution in [2.24, 2.45) is 9.98 Å². The Morgan fingerprint density at radius 1 is 0.459 bits per heavy atom. The van der Waals surface area contributed by atoms with Gasteiger partial charge in [-0.3, -0.25) is 9.98 Å². The summed E-state index contributed by atoms with van der Waals surface area (Å²) in [5, 5.41) is 0. The van der Waals surface area contributed by atoms with Crippen molar-refractivity contribution in [1.82, 2.24) is 0 Å². The molecule has 0 atom stereocenters. The van der Waals surface area contributed by atoms with E-state index in [1.807, 2.05) is 123 Å². The van der Waals surface area contributed by atoms with Gasteiger partial charge in [-0.25, -0.2) is 0 Å². The van der Waals surface area contributed by atoms with E-state index in [1.54, 1.807) is 11.3 Å². The number of hydrogen-bond acceptors (Lipinski definition) is 5. The van der Waals surface area contributed by atoms with Gasteiger partial charge in [-0.1, -0.05) is 36.4 Å². The number of benzene rings is 4. The van der Waals surface area contributed by atoms with Gasteiger partial charge in [-0.05, 0) is 98.8 Å². The van der Waals surface area contributed by atoms with Crippen molar-refractivity contribution in [3.8, 4) is 23.0 Å². The molecular formula is C32H26N2O2S. The maximum Gasteiger partial charge on any atom is 0.127 e. The predicted octanol–water partition coefficient (Wildman–Crippen LogP) is 9.61. The van der Waals surface area contributed by atoms with Crippen LogP contribution in [0.15, 0.2) is 131 Å². The third-order valence-electron chi connectivity index (χ3n) is 5.54. The molecule has 0 N–H and O–H groups in total. The van der Waals surface area contributed by atoms with Gasteiger partial charge < -0.3 is 9.47 Å². The highest BCUT2D eigenvalue weighted by Crippen LogP contribution is 2.27.